The lowest BCUT2D eigenvalue weighted by molar-refractivity contribution is 0.612. The van der Waals surface area contributed by atoms with Crippen molar-refractivity contribution in [1.82, 2.24) is 15.0 Å². The molecule has 0 unspecified atom stereocenters. The summed E-state index contributed by atoms with van der Waals surface area (Å²) in [6.45, 7) is 3.45. The summed E-state index contributed by atoms with van der Waals surface area (Å²) in [5.74, 6) is -0.402. The number of hydrogen-bond donors (Lipinski definition) is 1. The van der Waals surface area contributed by atoms with Gasteiger partial charge in [0.15, 0.2) is 11.2 Å². The fourth-order valence-electron chi connectivity index (χ4n) is 3.13. The average Bonchev–Trinajstić information content (AvgIpc) is 2.65. The molecule has 0 aliphatic rings. The molecule has 0 radical (unpaired) electrons. The van der Waals surface area contributed by atoms with Crippen LogP contribution in [0.3, 0.4) is 0 Å². The summed E-state index contributed by atoms with van der Waals surface area (Å²) in [7, 11) is 0. The van der Waals surface area contributed by atoms with Crippen LogP contribution in [0.4, 0.5) is 4.39 Å². The Morgan fingerprint density at radius 2 is 1.73 bits per heavy atom. The molecule has 0 aliphatic heterocycles. The van der Waals surface area contributed by atoms with Gasteiger partial charge in [-0.2, -0.15) is 0 Å². The van der Waals surface area contributed by atoms with E-state index in [4.69, 9.17) is 0 Å². The number of halogens is 1. The number of pyridine rings is 3. The summed E-state index contributed by atoms with van der Waals surface area (Å²) in [6, 6.07) is 14.4. The van der Waals surface area contributed by atoms with Crippen LogP contribution in [0.5, 0.6) is 0 Å². The summed E-state index contributed by atoms with van der Waals surface area (Å²) in [5.41, 5.74) is 3.78. The molecule has 0 aliphatic carbocycles. The van der Waals surface area contributed by atoms with Gasteiger partial charge in [-0.25, -0.2) is 9.37 Å². The van der Waals surface area contributed by atoms with Gasteiger partial charge >= 0.3 is 0 Å². The molecular formula is C21H16FN3O. The highest BCUT2D eigenvalue weighted by Crippen LogP contribution is 2.34. The first kappa shape index (κ1) is 16.1. The lowest BCUT2D eigenvalue weighted by atomic mass is 9.97. The number of aromatic amines is 1. The van der Waals surface area contributed by atoms with Gasteiger partial charge in [0.05, 0.1) is 16.8 Å². The second kappa shape index (κ2) is 6.19. The van der Waals surface area contributed by atoms with Crippen molar-refractivity contribution in [1.29, 1.82) is 0 Å². The highest BCUT2D eigenvalue weighted by Gasteiger charge is 2.18. The van der Waals surface area contributed by atoms with Crippen molar-refractivity contribution in [2.45, 2.75) is 13.8 Å². The number of benzene rings is 1. The molecule has 5 heteroatoms. The van der Waals surface area contributed by atoms with Gasteiger partial charge < -0.3 is 4.98 Å². The molecular weight excluding hydrogens is 329 g/mol. The quantitative estimate of drug-likeness (QED) is 0.585. The standard InChI is InChI=1S/C21H16FN3O/c1-12-10-15(19(22)13(2)24-12)16-11-17-18(26)8-9-23-21(17)25-20(16)14-6-4-3-5-7-14/h3-11H,1-2H3,(H,23,25,26). The number of hydrogen-bond acceptors (Lipinski definition) is 3. The third-order valence-corrected chi connectivity index (χ3v) is 4.33. The molecule has 3 heterocycles. The summed E-state index contributed by atoms with van der Waals surface area (Å²) < 4.78 is 14.9. The van der Waals surface area contributed by atoms with Gasteiger partial charge in [0.25, 0.3) is 0 Å². The van der Waals surface area contributed by atoms with E-state index in [-0.39, 0.29) is 5.43 Å². The van der Waals surface area contributed by atoms with Crippen LogP contribution in [0.15, 0.2) is 59.5 Å². The third-order valence-electron chi connectivity index (χ3n) is 4.33. The zero-order valence-electron chi connectivity index (χ0n) is 14.4. The van der Waals surface area contributed by atoms with E-state index in [1.54, 1.807) is 25.3 Å². The second-order valence-electron chi connectivity index (χ2n) is 6.20. The number of aryl methyl sites for hydroxylation is 2. The normalized spacial score (nSPS) is 11.0. The Morgan fingerprint density at radius 3 is 2.50 bits per heavy atom. The zero-order chi connectivity index (χ0) is 18.3. The van der Waals surface area contributed by atoms with Crippen molar-refractivity contribution in [2.24, 2.45) is 0 Å². The van der Waals surface area contributed by atoms with Gasteiger partial charge in [-0.15, -0.1) is 0 Å². The molecule has 1 N–H and O–H groups in total. The van der Waals surface area contributed by atoms with E-state index in [1.165, 1.54) is 6.07 Å². The highest BCUT2D eigenvalue weighted by atomic mass is 19.1. The van der Waals surface area contributed by atoms with E-state index in [0.717, 1.165) is 5.56 Å². The lowest BCUT2D eigenvalue weighted by Crippen LogP contribution is -2.04. The summed E-state index contributed by atoms with van der Waals surface area (Å²) in [4.78, 5) is 24.1. The first-order chi connectivity index (χ1) is 12.5. The molecule has 26 heavy (non-hydrogen) atoms. The zero-order valence-corrected chi connectivity index (χ0v) is 14.4. The molecule has 0 amide bonds. The Labute approximate surface area is 149 Å². The molecule has 0 bridgehead atoms. The third kappa shape index (κ3) is 2.67. The summed E-state index contributed by atoms with van der Waals surface area (Å²) in [6.07, 6.45) is 1.56. The van der Waals surface area contributed by atoms with Gasteiger partial charge in [-0.1, -0.05) is 30.3 Å². The number of nitrogens with one attached hydrogen (secondary N) is 1. The number of H-pyrrole nitrogens is 1. The van der Waals surface area contributed by atoms with E-state index in [2.05, 4.69) is 15.0 Å². The molecule has 0 saturated heterocycles. The van der Waals surface area contributed by atoms with Crippen molar-refractivity contribution in [3.8, 4) is 22.4 Å². The molecule has 0 saturated carbocycles. The van der Waals surface area contributed by atoms with E-state index in [1.807, 2.05) is 37.3 Å². The number of rotatable bonds is 2. The van der Waals surface area contributed by atoms with Crippen molar-refractivity contribution < 1.29 is 4.39 Å². The first-order valence-electron chi connectivity index (χ1n) is 8.26. The molecule has 3 aromatic heterocycles. The number of nitrogens with zero attached hydrogens (tertiary/aromatic N) is 2. The second-order valence-corrected chi connectivity index (χ2v) is 6.20. The largest absolute Gasteiger partial charge is 0.346 e. The summed E-state index contributed by atoms with van der Waals surface area (Å²) in [5, 5.41) is 0.425. The SMILES string of the molecule is Cc1cc(-c2cc3c(=O)cc[nH]c3nc2-c2ccccc2)c(F)c(C)n1. The Morgan fingerprint density at radius 1 is 0.962 bits per heavy atom. The van der Waals surface area contributed by atoms with E-state index in [0.29, 0.717) is 39.2 Å². The van der Waals surface area contributed by atoms with E-state index >= 15 is 0 Å². The molecule has 4 nitrogen and oxygen atoms in total. The monoisotopic (exact) mass is 345 g/mol. The van der Waals surface area contributed by atoms with Crippen LogP contribution in [-0.4, -0.2) is 15.0 Å². The smallest absolute Gasteiger partial charge is 0.191 e. The predicted molar refractivity (Wildman–Crippen MR) is 100 cm³/mol. The molecule has 4 aromatic rings. The van der Waals surface area contributed by atoms with Crippen molar-refractivity contribution >= 4 is 11.0 Å². The minimum atomic E-state index is -0.402. The van der Waals surface area contributed by atoms with Gasteiger partial charge in [-0.05, 0) is 26.0 Å². The van der Waals surface area contributed by atoms with Crippen LogP contribution >= 0.6 is 0 Å². The van der Waals surface area contributed by atoms with Crippen LogP contribution in [0.1, 0.15) is 11.4 Å². The maximum absolute atomic E-state index is 14.9. The topological polar surface area (TPSA) is 58.6 Å². The number of fused-ring (bicyclic) bond motifs is 1. The van der Waals surface area contributed by atoms with Crippen LogP contribution in [0.2, 0.25) is 0 Å². The Kier molecular flexibility index (Phi) is 3.84. The van der Waals surface area contributed by atoms with Gasteiger partial charge in [0.2, 0.25) is 0 Å². The highest BCUT2D eigenvalue weighted by molar-refractivity contribution is 5.90. The van der Waals surface area contributed by atoms with Gasteiger partial charge in [-0.3, -0.25) is 9.78 Å². The lowest BCUT2D eigenvalue weighted by Gasteiger charge is -2.13. The van der Waals surface area contributed by atoms with Crippen molar-refractivity contribution in [3.63, 3.8) is 0 Å². The predicted octanol–water partition coefficient (Wildman–Crippen LogP) is 4.41. The number of aromatic nitrogens is 3. The molecule has 128 valence electrons. The molecule has 4 rings (SSSR count). The Balaban J connectivity index is 2.13. The Hall–Kier alpha value is -3.34. The minimum Gasteiger partial charge on any atom is -0.346 e. The van der Waals surface area contributed by atoms with Gasteiger partial charge in [0.1, 0.15) is 5.65 Å². The van der Waals surface area contributed by atoms with Crippen LogP contribution in [0.25, 0.3) is 33.4 Å². The molecule has 0 fully saturated rings. The van der Waals surface area contributed by atoms with E-state index < -0.39 is 5.82 Å². The summed E-state index contributed by atoms with van der Waals surface area (Å²) >= 11 is 0. The van der Waals surface area contributed by atoms with Crippen molar-refractivity contribution in [3.05, 3.63) is 82.2 Å². The maximum atomic E-state index is 14.9. The minimum absolute atomic E-state index is 0.157. The van der Waals surface area contributed by atoms with Crippen molar-refractivity contribution in [2.75, 3.05) is 0 Å². The first-order valence-corrected chi connectivity index (χ1v) is 8.26. The van der Waals surface area contributed by atoms with E-state index in [9.17, 15) is 9.18 Å². The van der Waals surface area contributed by atoms with Crippen LogP contribution in [0, 0.1) is 19.7 Å². The van der Waals surface area contributed by atoms with Crippen LogP contribution < -0.4 is 5.43 Å². The molecule has 0 atom stereocenters. The fraction of sp³-hybridized carbons (Fsp3) is 0.0952. The maximum Gasteiger partial charge on any atom is 0.191 e. The Bertz CT molecular complexity index is 1180. The average molecular weight is 345 g/mol. The van der Waals surface area contributed by atoms with Gasteiger partial charge in [0, 0.05) is 34.6 Å². The van der Waals surface area contributed by atoms with Crippen LogP contribution in [-0.2, 0) is 0 Å². The molecule has 1 aromatic carbocycles. The fourth-order valence-corrected chi connectivity index (χ4v) is 3.13. The molecule has 0 spiro atoms.